The van der Waals surface area contributed by atoms with E-state index >= 15 is 0 Å². The van der Waals surface area contributed by atoms with E-state index in [0.29, 0.717) is 23.6 Å². The third kappa shape index (κ3) is 2.27. The third-order valence-electron chi connectivity index (χ3n) is 4.60. The molecule has 0 bridgehead atoms. The molecule has 0 radical (unpaired) electrons. The summed E-state index contributed by atoms with van der Waals surface area (Å²) in [7, 11) is 0. The molecular weight excluding hydrogens is 439 g/mol. The lowest BCUT2D eigenvalue weighted by Gasteiger charge is -2.13. The largest absolute Gasteiger partial charge is 0.487 e. The molecule has 5 heteroatoms. The number of fused-ring (bicyclic) bond motifs is 4. The summed E-state index contributed by atoms with van der Waals surface area (Å²) in [4.78, 5) is 17.7. The molecular formula is C21H13IN2O2. The average molecular weight is 452 g/mol. The monoisotopic (exact) mass is 452 g/mol. The molecule has 4 aromatic rings. The van der Waals surface area contributed by atoms with Crippen molar-refractivity contribution in [3.8, 4) is 17.1 Å². The van der Waals surface area contributed by atoms with Crippen LogP contribution in [0, 0.1) is 3.57 Å². The predicted molar refractivity (Wildman–Crippen MR) is 108 cm³/mol. The van der Waals surface area contributed by atoms with E-state index in [0.717, 1.165) is 25.7 Å². The fourth-order valence-corrected chi connectivity index (χ4v) is 3.90. The van der Waals surface area contributed by atoms with Crippen LogP contribution in [0.4, 0.5) is 0 Å². The summed E-state index contributed by atoms with van der Waals surface area (Å²) in [6.45, 7) is 0.404. The molecule has 0 spiro atoms. The van der Waals surface area contributed by atoms with Crippen molar-refractivity contribution in [1.29, 1.82) is 0 Å². The Labute approximate surface area is 163 Å². The van der Waals surface area contributed by atoms with Crippen molar-refractivity contribution in [3.05, 3.63) is 81.6 Å². The lowest BCUT2D eigenvalue weighted by molar-refractivity contribution is 0.0965. The fraction of sp³-hybridized carbons (Fsp3) is 0.0476. The van der Waals surface area contributed by atoms with Crippen molar-refractivity contribution in [1.82, 2.24) is 9.55 Å². The second-order valence-electron chi connectivity index (χ2n) is 6.13. The van der Waals surface area contributed by atoms with Gasteiger partial charge in [0, 0.05) is 20.7 Å². The van der Waals surface area contributed by atoms with Gasteiger partial charge in [-0.05, 0) is 52.9 Å². The smallest absolute Gasteiger partial charge is 0.268 e. The average Bonchev–Trinajstić information content (AvgIpc) is 3.24. The second kappa shape index (κ2) is 5.95. The predicted octanol–water partition coefficient (Wildman–Crippen LogP) is 4.89. The number of rotatable bonds is 3. The number of nitrogens with zero attached hydrogens (tertiary/aromatic N) is 2. The zero-order valence-corrected chi connectivity index (χ0v) is 15.8. The number of aromatic nitrogens is 2. The topological polar surface area (TPSA) is 44.1 Å². The van der Waals surface area contributed by atoms with Crippen molar-refractivity contribution in [2.75, 3.05) is 0 Å². The number of halogens is 1. The van der Waals surface area contributed by atoms with E-state index in [1.165, 1.54) is 0 Å². The molecule has 1 aliphatic rings. The van der Waals surface area contributed by atoms with Gasteiger partial charge in [-0.2, -0.15) is 0 Å². The summed E-state index contributed by atoms with van der Waals surface area (Å²) in [5, 5.41) is 0.858. The zero-order valence-electron chi connectivity index (χ0n) is 13.6. The number of carbonyl (C=O) groups is 1. The molecule has 3 heterocycles. The minimum atomic E-state index is -0.0870. The molecule has 26 heavy (non-hydrogen) atoms. The molecule has 0 aliphatic carbocycles. The number of benzene rings is 2. The standard InChI is InChI=1S/C21H13IN2O2/c22-15-8-3-1-6-13(15)12-26-20-14-7-2-4-9-16(14)23-19-17-10-5-11-24(17)21(25)18(19)20/h1-11H,12H2. The van der Waals surface area contributed by atoms with Crippen LogP contribution in [0.5, 0.6) is 5.75 Å². The van der Waals surface area contributed by atoms with Gasteiger partial charge in [0.15, 0.2) is 0 Å². The molecule has 4 nitrogen and oxygen atoms in total. The quantitative estimate of drug-likeness (QED) is 0.367. The van der Waals surface area contributed by atoms with Crippen molar-refractivity contribution in [2.45, 2.75) is 6.61 Å². The van der Waals surface area contributed by atoms with Crippen molar-refractivity contribution in [3.63, 3.8) is 0 Å². The van der Waals surface area contributed by atoms with E-state index in [2.05, 4.69) is 22.6 Å². The minimum absolute atomic E-state index is 0.0870. The normalized spacial score (nSPS) is 12.3. The maximum Gasteiger partial charge on any atom is 0.268 e. The van der Waals surface area contributed by atoms with Gasteiger partial charge in [0.25, 0.3) is 5.91 Å². The van der Waals surface area contributed by atoms with E-state index in [4.69, 9.17) is 9.72 Å². The van der Waals surface area contributed by atoms with Gasteiger partial charge < -0.3 is 4.74 Å². The molecule has 2 aromatic heterocycles. The molecule has 0 amide bonds. The van der Waals surface area contributed by atoms with Crippen molar-refractivity contribution < 1.29 is 9.53 Å². The first-order valence-electron chi connectivity index (χ1n) is 8.25. The minimum Gasteiger partial charge on any atom is -0.487 e. The molecule has 1 aliphatic heterocycles. The highest BCUT2D eigenvalue weighted by Gasteiger charge is 2.32. The molecule has 0 fully saturated rings. The Morgan fingerprint density at radius 2 is 1.81 bits per heavy atom. The van der Waals surface area contributed by atoms with Gasteiger partial charge in [-0.3, -0.25) is 9.36 Å². The Kier molecular flexibility index (Phi) is 3.56. The molecule has 126 valence electrons. The maximum absolute atomic E-state index is 12.9. The lowest BCUT2D eigenvalue weighted by atomic mass is 10.1. The van der Waals surface area contributed by atoms with Crippen LogP contribution in [-0.4, -0.2) is 15.5 Å². The van der Waals surface area contributed by atoms with Crippen molar-refractivity contribution >= 4 is 39.4 Å². The van der Waals surface area contributed by atoms with Gasteiger partial charge in [-0.25, -0.2) is 4.98 Å². The van der Waals surface area contributed by atoms with Gasteiger partial charge >= 0.3 is 0 Å². The van der Waals surface area contributed by atoms with Gasteiger partial charge in [-0.15, -0.1) is 0 Å². The first-order chi connectivity index (χ1) is 12.7. The summed E-state index contributed by atoms with van der Waals surface area (Å²) in [6, 6.07) is 19.6. The van der Waals surface area contributed by atoms with Gasteiger partial charge in [-0.1, -0.05) is 30.3 Å². The fourth-order valence-electron chi connectivity index (χ4n) is 3.35. The van der Waals surface area contributed by atoms with Crippen LogP contribution >= 0.6 is 22.6 Å². The summed E-state index contributed by atoms with van der Waals surface area (Å²) >= 11 is 2.30. The van der Waals surface area contributed by atoms with Gasteiger partial charge in [0.05, 0.1) is 11.2 Å². The van der Waals surface area contributed by atoms with E-state index in [9.17, 15) is 4.79 Å². The molecule has 2 aromatic carbocycles. The van der Waals surface area contributed by atoms with Crippen LogP contribution in [0.15, 0.2) is 66.9 Å². The Bertz CT molecular complexity index is 1180. The molecule has 0 N–H and O–H groups in total. The van der Waals surface area contributed by atoms with Crippen LogP contribution in [0.3, 0.4) is 0 Å². The Morgan fingerprint density at radius 3 is 2.69 bits per heavy atom. The second-order valence-corrected chi connectivity index (χ2v) is 7.29. The summed E-state index contributed by atoms with van der Waals surface area (Å²) in [5.41, 5.74) is 3.97. The third-order valence-corrected chi connectivity index (χ3v) is 5.65. The SMILES string of the molecule is O=C1c2c(nc3ccccc3c2OCc2ccccc2I)-c2cccn21. The molecule has 5 rings (SSSR count). The number of pyridine rings is 1. The molecule has 0 atom stereocenters. The summed E-state index contributed by atoms with van der Waals surface area (Å²) in [6.07, 6.45) is 1.77. The summed E-state index contributed by atoms with van der Waals surface area (Å²) in [5.74, 6) is 0.523. The number of hydrogen-bond donors (Lipinski definition) is 0. The molecule has 0 unspecified atom stereocenters. The number of carbonyl (C=O) groups excluding carboxylic acids is 1. The summed E-state index contributed by atoms with van der Waals surface area (Å²) < 4.78 is 8.99. The highest BCUT2D eigenvalue weighted by Crippen LogP contribution is 2.41. The van der Waals surface area contributed by atoms with Crippen LogP contribution in [-0.2, 0) is 6.61 Å². The van der Waals surface area contributed by atoms with Crippen LogP contribution in [0.1, 0.15) is 15.9 Å². The highest BCUT2D eigenvalue weighted by molar-refractivity contribution is 14.1. The van der Waals surface area contributed by atoms with E-state index < -0.39 is 0 Å². The number of ether oxygens (including phenoxy) is 1. The van der Waals surface area contributed by atoms with Gasteiger partial charge in [0.1, 0.15) is 23.6 Å². The Morgan fingerprint density at radius 1 is 1.00 bits per heavy atom. The van der Waals surface area contributed by atoms with E-state index in [1.54, 1.807) is 10.8 Å². The first kappa shape index (κ1) is 15.6. The first-order valence-corrected chi connectivity index (χ1v) is 9.33. The molecule has 0 saturated heterocycles. The van der Waals surface area contributed by atoms with Crippen molar-refractivity contribution in [2.24, 2.45) is 0 Å². The zero-order chi connectivity index (χ0) is 17.7. The van der Waals surface area contributed by atoms with Crippen LogP contribution < -0.4 is 4.74 Å². The highest BCUT2D eigenvalue weighted by atomic mass is 127. The Balaban J connectivity index is 1.69. The van der Waals surface area contributed by atoms with E-state index in [-0.39, 0.29) is 5.91 Å². The molecule has 0 saturated carbocycles. The van der Waals surface area contributed by atoms with E-state index in [1.807, 2.05) is 60.7 Å². The number of hydrogen-bond acceptors (Lipinski definition) is 3. The number of para-hydroxylation sites is 1. The van der Waals surface area contributed by atoms with Gasteiger partial charge in [0.2, 0.25) is 0 Å². The van der Waals surface area contributed by atoms with Crippen LogP contribution in [0.2, 0.25) is 0 Å². The Hall–Kier alpha value is -2.67. The maximum atomic E-state index is 12.9. The van der Waals surface area contributed by atoms with Crippen LogP contribution in [0.25, 0.3) is 22.3 Å². The lowest BCUT2D eigenvalue weighted by Crippen LogP contribution is -2.08.